The maximum Gasteiger partial charge on any atom is 0.338 e. The van der Waals surface area contributed by atoms with Gasteiger partial charge in [0.1, 0.15) is 28.8 Å². The minimum absolute atomic E-state index is 0. The van der Waals surface area contributed by atoms with Crippen molar-refractivity contribution in [1.82, 2.24) is 19.8 Å². The maximum absolute atomic E-state index is 12.9. The molecule has 11 aliphatic heterocycles. The minimum atomic E-state index is -1.86. The molecule has 125 heavy (non-hydrogen) atoms. The molecule has 0 aromatic heterocycles. The van der Waals surface area contributed by atoms with E-state index in [9.17, 15) is 88.5 Å². The Kier molecular flexibility index (Phi) is 25.1. The third kappa shape index (κ3) is 15.7. The van der Waals surface area contributed by atoms with Gasteiger partial charge in [0.2, 0.25) is 17.4 Å². The summed E-state index contributed by atoms with van der Waals surface area (Å²) in [6, 6.07) is 11.4. The second-order valence-electron chi connectivity index (χ2n) is 36.0. The summed E-state index contributed by atoms with van der Waals surface area (Å²) in [5, 5.41) is 92.6. The van der Waals surface area contributed by atoms with E-state index in [1.54, 1.807) is 39.8 Å². The number of rotatable bonds is 15. The smallest absolute Gasteiger partial charge is 0.338 e. The van der Waals surface area contributed by atoms with E-state index in [2.05, 4.69) is 26.6 Å². The number of likely N-dealkylation sites (N-methyl/N-ethyl adjacent to an activating group) is 3. The fourth-order valence-corrected chi connectivity index (χ4v) is 21.9. The monoisotopic (exact) mass is 1770 g/mol. The number of imide groups is 1. The van der Waals surface area contributed by atoms with Crippen LogP contribution in [0.15, 0.2) is 60.1 Å². The summed E-state index contributed by atoms with van der Waals surface area (Å²) in [5.74, 6) is -8.80. The van der Waals surface area contributed by atoms with Crippen LogP contribution in [-0.2, 0) is 156 Å². The van der Waals surface area contributed by atoms with Crippen LogP contribution in [0.2, 0.25) is 0 Å². The molecule has 1 saturated carbocycles. The van der Waals surface area contributed by atoms with Gasteiger partial charge >= 0.3 is 47.8 Å². The molecule has 9 N–H and O–H groups in total. The van der Waals surface area contributed by atoms with E-state index in [0.29, 0.717) is 90.7 Å². The van der Waals surface area contributed by atoms with Crippen LogP contribution >= 0.6 is 12.4 Å². The number of Topliss-reactive ketones (excluding diaryl/α,β-unsaturated/α-hetero) is 1. The standard InChI is InChI=1S/C25H29NO8.C22H25NO8.C18H21NO4.C11H13NO7.C7H10O5.C4H8O.ClH/c1-23(2)33-16(22(29)34-23)11-18(28)31-15-6-7-25(30)17-10-13-4-5-14(12-27)20-19(13)24(25,21(15)32-20)8-9-26(17)3;1-23-7-6-21-17-11-2-3-12(10-24)18(17)31-19(21)14(4-5-22(21,29)15(23)8-11)30-16(26)9-13(25)20(27)28;1-19-7-6-17-14-10-2-3-11(9-20)15(14)23-16(17)12(21)4-5-18(17,22)13(19)8-10;1-11(2)17-6(10(16)18-11)5-9(15)19-12-7(13)3-4-8(12)14;1-7(2)11-4(3-5(8)9)6(10)12-7;1-2-4-5-3-1;/h4-6,16-17,21,27,30H,7-12H2,1-3H3;2-4,13,15,19,24-25,29H,5-10H2,1H3,(H,27,28);2-3,13,16,20,22H,4-9H2,1H3;6H,3-5H2,1-2H3;4H,3H2,1-2H3,(H,8,9);1-4H2;1H/t16-,17-,21+,24+,25-;13-,15-,19+,21+,22-;13-,16+,17+,18-;6-;4-;;/m11111../s1. The van der Waals surface area contributed by atoms with Crippen LogP contribution < -0.4 is 14.2 Å². The molecule has 680 valence electrons. The van der Waals surface area contributed by atoms with Gasteiger partial charge in [-0.3, -0.25) is 28.8 Å². The molecule has 17 aliphatic rings. The number of carboxylic acids is 2. The number of hydrogen-bond donors (Lipinski definition) is 9. The molecule has 11 heterocycles. The lowest BCUT2D eigenvalue weighted by Gasteiger charge is -2.62. The molecular weight excluding hydrogens is 1660 g/mol. The Hall–Kier alpha value is -9.16. The molecule has 9 fully saturated rings. The summed E-state index contributed by atoms with van der Waals surface area (Å²) in [5.41, 5.74) is 2.67. The molecule has 20 rings (SSSR count). The zero-order chi connectivity index (χ0) is 89.3. The minimum Gasteiger partial charge on any atom is -0.481 e. The molecule has 8 saturated heterocycles. The van der Waals surface area contributed by atoms with E-state index in [1.165, 1.54) is 26.7 Å². The van der Waals surface area contributed by atoms with E-state index in [1.807, 2.05) is 50.5 Å². The van der Waals surface area contributed by atoms with Crippen LogP contribution in [0, 0.1) is 0 Å². The number of nitrogens with zero attached hydrogens (tertiary/aromatic N) is 4. The Labute approximate surface area is 724 Å². The predicted molar refractivity (Wildman–Crippen MR) is 426 cm³/mol. The van der Waals surface area contributed by atoms with Crippen LogP contribution in [-0.4, -0.2) is 280 Å². The van der Waals surface area contributed by atoms with Gasteiger partial charge in [-0.15, -0.1) is 17.5 Å². The number of esters is 5. The van der Waals surface area contributed by atoms with Crippen molar-refractivity contribution in [3.63, 3.8) is 0 Å². The number of hydrogen-bond acceptors (Lipinski definition) is 34. The number of cyclic esters (lactones) is 3. The summed E-state index contributed by atoms with van der Waals surface area (Å²) in [4.78, 5) is 138. The Balaban J connectivity index is 0.000000129. The Morgan fingerprint density at radius 1 is 0.488 bits per heavy atom. The average Bonchev–Trinajstić information content (AvgIpc) is 1.56. The summed E-state index contributed by atoms with van der Waals surface area (Å²) in [7, 11) is 6.07. The topological polar surface area (TPSA) is 503 Å². The maximum atomic E-state index is 12.9. The number of piperidine rings is 3. The number of likely N-dealkylation sites (tertiary alicyclic amines) is 3. The number of benzene rings is 3. The third-order valence-electron chi connectivity index (χ3n) is 27.4. The molecule has 37 nitrogen and oxygen atoms in total. The van der Waals surface area contributed by atoms with Crippen LogP contribution in [0.25, 0.3) is 0 Å². The highest BCUT2D eigenvalue weighted by Gasteiger charge is 2.76. The zero-order valence-electron chi connectivity index (χ0n) is 70.8. The molecule has 0 unspecified atom stereocenters. The van der Waals surface area contributed by atoms with Gasteiger partial charge < -0.3 is 122 Å². The highest BCUT2D eigenvalue weighted by Crippen LogP contribution is 2.68. The van der Waals surface area contributed by atoms with Crippen molar-refractivity contribution in [3.05, 3.63) is 110 Å². The van der Waals surface area contributed by atoms with Crippen molar-refractivity contribution >= 4 is 77.8 Å². The number of halogens is 1. The Bertz CT molecular complexity index is 4920. The van der Waals surface area contributed by atoms with Gasteiger partial charge in [0.15, 0.2) is 48.5 Å². The van der Waals surface area contributed by atoms with E-state index >= 15 is 0 Å². The number of carbonyl (C=O) groups is 11. The zero-order valence-corrected chi connectivity index (χ0v) is 71.6. The molecule has 6 aliphatic carbocycles. The summed E-state index contributed by atoms with van der Waals surface area (Å²) >= 11 is 0. The highest BCUT2D eigenvalue weighted by atomic mass is 35.5. The molecule has 16 atom stereocenters. The van der Waals surface area contributed by atoms with Gasteiger partial charge in [0.25, 0.3) is 11.8 Å². The number of ketones is 1. The lowest BCUT2D eigenvalue weighted by Crippen LogP contribution is -2.76. The second-order valence-corrected chi connectivity index (χ2v) is 36.0. The predicted octanol–water partition coefficient (Wildman–Crippen LogP) is 2.45. The number of aliphatic hydroxyl groups is 7. The Morgan fingerprint density at radius 3 is 1.22 bits per heavy atom. The summed E-state index contributed by atoms with van der Waals surface area (Å²) in [6.45, 7) is 13.2. The molecule has 2 amide bonds. The molecule has 38 heteroatoms. The molecule has 0 radical (unpaired) electrons. The summed E-state index contributed by atoms with van der Waals surface area (Å²) < 4.78 is 65.5. The van der Waals surface area contributed by atoms with Crippen molar-refractivity contribution in [2.45, 2.75) is 288 Å². The van der Waals surface area contributed by atoms with Gasteiger partial charge in [0, 0.05) is 138 Å². The first-order valence-corrected chi connectivity index (χ1v) is 41.9. The fraction of sp³-hybridized carbons (Fsp3) is 0.621. The second kappa shape index (κ2) is 34.1. The van der Waals surface area contributed by atoms with Crippen molar-refractivity contribution in [2.24, 2.45) is 0 Å². The van der Waals surface area contributed by atoms with Gasteiger partial charge in [-0.2, -0.15) is 0 Å². The average molecular weight is 1770 g/mol. The third-order valence-corrected chi connectivity index (χ3v) is 27.4. The SMILES string of the molecule is C1CCOC1.CC1(C)OC(=O)[C@@H](CC(=O)O)O1.CC1(C)OC(=O)[C@@H](CC(=O)ON2C(=O)CCC2=O)O1.CN1CC[C@]23c4c5ccc(CO)c4O[C@H]2C(=O)CC[C@@]3(O)[C@H]1C5.CN1CC[C@]23c4c5ccc(CO)c4O[C@H]2C(OC(=O)C[C@@H](O)C(=O)O)=CC[C@@]3(O)[C@H]1C5.CN1CC[C@]23c4c5ccc(CO)c4O[C@H]2C(OC(=O)C[C@H]2OC(C)(C)OC2=O)=CC[C@@]3(O)[C@H]1C5.Cl. The van der Waals surface area contributed by atoms with Crippen molar-refractivity contribution in [1.29, 1.82) is 0 Å². The molecule has 3 aromatic carbocycles. The first-order valence-electron chi connectivity index (χ1n) is 41.9. The first kappa shape index (κ1) is 92.0. The van der Waals surface area contributed by atoms with E-state index < -0.39 is 166 Å². The van der Waals surface area contributed by atoms with E-state index in [4.69, 9.17) is 67.1 Å². The number of ether oxygens (including phenoxy) is 12. The van der Waals surface area contributed by atoms with Crippen LogP contribution in [0.1, 0.15) is 188 Å². The fourth-order valence-electron chi connectivity index (χ4n) is 21.9. The molecular formula is C87H107ClN4O33. The number of aliphatic carboxylic acids is 2. The molecule has 6 bridgehead atoms. The van der Waals surface area contributed by atoms with Gasteiger partial charge in [-0.25, -0.2) is 24.0 Å². The van der Waals surface area contributed by atoms with Gasteiger partial charge in [-0.1, -0.05) is 36.4 Å². The van der Waals surface area contributed by atoms with Crippen molar-refractivity contribution < 1.29 is 160 Å². The lowest BCUT2D eigenvalue weighted by atomic mass is 9.49. The number of hydroxylamine groups is 2. The normalized spacial score (nSPS) is 33.3. The molecule has 3 aromatic rings. The van der Waals surface area contributed by atoms with Crippen molar-refractivity contribution in [3.8, 4) is 17.2 Å². The number of amides is 2. The van der Waals surface area contributed by atoms with Crippen molar-refractivity contribution in [2.75, 3.05) is 54.0 Å². The largest absolute Gasteiger partial charge is 0.481 e. The molecule has 3 spiro atoms. The highest BCUT2D eigenvalue weighted by molar-refractivity contribution is 6.02. The van der Waals surface area contributed by atoms with Crippen LogP contribution in [0.5, 0.6) is 17.2 Å². The first-order chi connectivity index (χ1) is 58.5. The Morgan fingerprint density at radius 2 is 0.856 bits per heavy atom. The number of carboxylic acid groups (broad SMARTS) is 2. The quantitative estimate of drug-likeness (QED) is 0.0599. The van der Waals surface area contributed by atoms with Crippen LogP contribution in [0.3, 0.4) is 0 Å². The van der Waals surface area contributed by atoms with E-state index in [0.717, 1.165) is 78.1 Å². The van der Waals surface area contributed by atoms with Gasteiger partial charge in [-0.05, 0) is 127 Å². The summed E-state index contributed by atoms with van der Waals surface area (Å²) in [6.07, 6.45) is 2.63. The lowest BCUT2D eigenvalue weighted by molar-refractivity contribution is -0.200. The van der Waals surface area contributed by atoms with Crippen LogP contribution in [0.4, 0.5) is 0 Å². The number of carbonyl (C=O) groups excluding carboxylic acids is 9. The van der Waals surface area contributed by atoms with Gasteiger partial charge in [0.05, 0.1) is 78.6 Å². The van der Waals surface area contributed by atoms with E-state index in [-0.39, 0.29) is 94.0 Å². The number of aliphatic hydroxyl groups excluding tert-OH is 4.